The standard InChI is InChI=1S/C17H22N4O2S/c22-17(20-11-3-1-2-4-11)16-13-9-12(5-6-14(13)23-21-16)19-10-15-18-7-8-24-15/h7-8,11-12,19H,1-6,9-10H2,(H,20,22). The molecule has 0 aromatic carbocycles. The minimum atomic E-state index is -0.0764. The summed E-state index contributed by atoms with van der Waals surface area (Å²) >= 11 is 1.66. The maximum Gasteiger partial charge on any atom is 0.273 e. The fourth-order valence-corrected chi connectivity index (χ4v) is 4.22. The number of carbonyl (C=O) groups is 1. The van der Waals surface area contributed by atoms with Crippen molar-refractivity contribution in [1.29, 1.82) is 0 Å². The number of hydrogen-bond acceptors (Lipinski definition) is 6. The van der Waals surface area contributed by atoms with Crippen molar-refractivity contribution in [3.05, 3.63) is 33.6 Å². The molecule has 2 aliphatic carbocycles. The quantitative estimate of drug-likeness (QED) is 0.869. The summed E-state index contributed by atoms with van der Waals surface area (Å²) in [6.07, 6.45) is 8.98. The van der Waals surface area contributed by atoms with Crippen molar-refractivity contribution < 1.29 is 9.32 Å². The second-order valence-electron chi connectivity index (χ2n) is 6.63. The molecule has 2 aromatic heterocycles. The van der Waals surface area contributed by atoms with E-state index in [0.29, 0.717) is 17.8 Å². The van der Waals surface area contributed by atoms with Gasteiger partial charge < -0.3 is 15.2 Å². The molecular formula is C17H22N4O2S. The number of rotatable bonds is 5. The first kappa shape index (κ1) is 15.8. The van der Waals surface area contributed by atoms with E-state index in [1.807, 2.05) is 11.6 Å². The van der Waals surface area contributed by atoms with Gasteiger partial charge in [-0.05, 0) is 25.7 Å². The molecule has 2 aromatic rings. The van der Waals surface area contributed by atoms with Gasteiger partial charge in [0.2, 0.25) is 0 Å². The number of nitrogens with one attached hydrogen (secondary N) is 2. The Morgan fingerprint density at radius 2 is 2.17 bits per heavy atom. The third-order valence-electron chi connectivity index (χ3n) is 4.97. The highest BCUT2D eigenvalue weighted by molar-refractivity contribution is 7.09. The molecule has 0 radical (unpaired) electrons. The van der Waals surface area contributed by atoms with E-state index < -0.39 is 0 Å². The molecule has 0 saturated heterocycles. The zero-order valence-electron chi connectivity index (χ0n) is 13.6. The highest BCUT2D eigenvalue weighted by Crippen LogP contribution is 2.26. The molecular weight excluding hydrogens is 324 g/mol. The summed E-state index contributed by atoms with van der Waals surface area (Å²) in [5.41, 5.74) is 1.46. The minimum absolute atomic E-state index is 0.0764. The molecule has 1 saturated carbocycles. The van der Waals surface area contributed by atoms with Crippen LogP contribution in [0, 0.1) is 0 Å². The van der Waals surface area contributed by atoms with Crippen LogP contribution in [0.25, 0.3) is 0 Å². The monoisotopic (exact) mass is 346 g/mol. The van der Waals surface area contributed by atoms with E-state index in [4.69, 9.17) is 4.52 Å². The van der Waals surface area contributed by atoms with Gasteiger partial charge in [-0.1, -0.05) is 18.0 Å². The summed E-state index contributed by atoms with van der Waals surface area (Å²) in [5.74, 6) is 0.798. The third-order valence-corrected chi connectivity index (χ3v) is 5.75. The van der Waals surface area contributed by atoms with Crippen LogP contribution in [0.4, 0.5) is 0 Å². The van der Waals surface area contributed by atoms with Crippen molar-refractivity contribution in [1.82, 2.24) is 20.8 Å². The van der Waals surface area contributed by atoms with Crippen molar-refractivity contribution in [2.24, 2.45) is 0 Å². The summed E-state index contributed by atoms with van der Waals surface area (Å²) in [4.78, 5) is 16.8. The lowest BCUT2D eigenvalue weighted by Crippen LogP contribution is -2.36. The highest BCUT2D eigenvalue weighted by atomic mass is 32.1. The second-order valence-corrected chi connectivity index (χ2v) is 7.61. The fraction of sp³-hybridized carbons (Fsp3) is 0.588. The number of thiazole rings is 1. The number of carbonyl (C=O) groups excluding carboxylic acids is 1. The average molecular weight is 346 g/mol. The van der Waals surface area contributed by atoms with Crippen LogP contribution in [0.2, 0.25) is 0 Å². The molecule has 1 unspecified atom stereocenters. The van der Waals surface area contributed by atoms with E-state index in [9.17, 15) is 4.79 Å². The molecule has 0 spiro atoms. The molecule has 1 atom stereocenters. The van der Waals surface area contributed by atoms with Gasteiger partial charge in [0, 0.05) is 42.2 Å². The molecule has 1 fully saturated rings. The first-order valence-electron chi connectivity index (χ1n) is 8.69. The van der Waals surface area contributed by atoms with Gasteiger partial charge in [0.05, 0.1) is 0 Å². The van der Waals surface area contributed by atoms with Crippen molar-refractivity contribution in [3.63, 3.8) is 0 Å². The summed E-state index contributed by atoms with van der Waals surface area (Å²) in [7, 11) is 0. The van der Waals surface area contributed by atoms with Gasteiger partial charge in [-0.3, -0.25) is 4.79 Å². The van der Waals surface area contributed by atoms with Crippen LogP contribution >= 0.6 is 11.3 Å². The normalized spacial score (nSPS) is 20.9. The lowest BCUT2D eigenvalue weighted by molar-refractivity contribution is 0.0928. The smallest absolute Gasteiger partial charge is 0.273 e. The number of hydrogen-bond donors (Lipinski definition) is 2. The molecule has 128 valence electrons. The topological polar surface area (TPSA) is 80.0 Å². The van der Waals surface area contributed by atoms with Crippen molar-refractivity contribution in [2.45, 2.75) is 63.6 Å². The van der Waals surface area contributed by atoms with E-state index >= 15 is 0 Å². The maximum absolute atomic E-state index is 12.5. The number of nitrogens with zero attached hydrogens (tertiary/aromatic N) is 2. The zero-order chi connectivity index (χ0) is 16.4. The van der Waals surface area contributed by atoms with E-state index in [1.54, 1.807) is 11.3 Å². The summed E-state index contributed by atoms with van der Waals surface area (Å²) < 4.78 is 5.42. The fourth-order valence-electron chi connectivity index (χ4n) is 3.65. The van der Waals surface area contributed by atoms with Crippen LogP contribution in [-0.4, -0.2) is 28.1 Å². The Morgan fingerprint density at radius 3 is 2.96 bits per heavy atom. The lowest BCUT2D eigenvalue weighted by Gasteiger charge is -2.22. The number of amides is 1. The summed E-state index contributed by atoms with van der Waals surface area (Å²) in [6.45, 7) is 0.770. The van der Waals surface area contributed by atoms with E-state index in [2.05, 4.69) is 20.8 Å². The predicted molar refractivity (Wildman–Crippen MR) is 91.0 cm³/mol. The largest absolute Gasteiger partial charge is 0.360 e. The van der Waals surface area contributed by atoms with Gasteiger partial charge in [0.25, 0.3) is 5.91 Å². The molecule has 7 heteroatoms. The van der Waals surface area contributed by atoms with Crippen molar-refractivity contribution >= 4 is 17.2 Å². The number of aromatic nitrogens is 2. The summed E-state index contributed by atoms with van der Waals surface area (Å²) in [6, 6.07) is 0.631. The average Bonchev–Trinajstić information content (AvgIpc) is 3.33. The Kier molecular flexibility index (Phi) is 4.62. The predicted octanol–water partition coefficient (Wildman–Crippen LogP) is 2.45. The van der Waals surface area contributed by atoms with Crippen LogP contribution in [0.5, 0.6) is 0 Å². The van der Waals surface area contributed by atoms with Crippen LogP contribution in [0.1, 0.15) is 58.9 Å². The molecule has 0 aliphatic heterocycles. The highest BCUT2D eigenvalue weighted by Gasteiger charge is 2.29. The molecule has 6 nitrogen and oxygen atoms in total. The Balaban J connectivity index is 1.40. The molecule has 2 N–H and O–H groups in total. The molecule has 1 amide bonds. The maximum atomic E-state index is 12.5. The van der Waals surface area contributed by atoms with Gasteiger partial charge in [-0.25, -0.2) is 4.98 Å². The van der Waals surface area contributed by atoms with Gasteiger partial charge in [0.1, 0.15) is 10.8 Å². The molecule has 0 bridgehead atoms. The Labute approximate surface area is 145 Å². The van der Waals surface area contributed by atoms with Gasteiger partial charge in [-0.15, -0.1) is 11.3 Å². The van der Waals surface area contributed by atoms with Crippen molar-refractivity contribution in [3.8, 4) is 0 Å². The Bertz CT molecular complexity index is 692. The molecule has 2 aliphatic rings. The Morgan fingerprint density at radius 1 is 1.29 bits per heavy atom. The first-order valence-corrected chi connectivity index (χ1v) is 9.57. The molecule has 24 heavy (non-hydrogen) atoms. The van der Waals surface area contributed by atoms with Gasteiger partial charge in [-0.2, -0.15) is 0 Å². The van der Waals surface area contributed by atoms with Crippen LogP contribution in [-0.2, 0) is 19.4 Å². The number of aryl methyl sites for hydroxylation is 1. The van der Waals surface area contributed by atoms with E-state index in [0.717, 1.165) is 55.0 Å². The first-order chi connectivity index (χ1) is 11.8. The lowest BCUT2D eigenvalue weighted by atomic mass is 9.92. The SMILES string of the molecule is O=C(NC1CCCC1)c1noc2c1CC(NCc1nccs1)CC2. The van der Waals surface area contributed by atoms with Gasteiger partial charge >= 0.3 is 0 Å². The van der Waals surface area contributed by atoms with Crippen LogP contribution < -0.4 is 10.6 Å². The second kappa shape index (κ2) is 7.03. The molecule has 2 heterocycles. The van der Waals surface area contributed by atoms with E-state index in [-0.39, 0.29) is 5.91 Å². The van der Waals surface area contributed by atoms with Gasteiger partial charge in [0.15, 0.2) is 5.69 Å². The third kappa shape index (κ3) is 3.37. The van der Waals surface area contributed by atoms with Crippen LogP contribution in [0.15, 0.2) is 16.1 Å². The van der Waals surface area contributed by atoms with E-state index in [1.165, 1.54) is 12.8 Å². The van der Waals surface area contributed by atoms with Crippen molar-refractivity contribution in [2.75, 3.05) is 0 Å². The minimum Gasteiger partial charge on any atom is -0.360 e. The zero-order valence-corrected chi connectivity index (χ0v) is 14.4. The number of fused-ring (bicyclic) bond motifs is 1. The Hall–Kier alpha value is -1.73. The summed E-state index contributed by atoms with van der Waals surface area (Å²) in [5, 5.41) is 13.8. The van der Waals surface area contributed by atoms with Crippen LogP contribution in [0.3, 0.4) is 0 Å². The molecule has 4 rings (SSSR count).